The predicted molar refractivity (Wildman–Crippen MR) is 87.8 cm³/mol. The van der Waals surface area contributed by atoms with Gasteiger partial charge in [0.25, 0.3) is 5.91 Å². The zero-order chi connectivity index (χ0) is 16.0. The fourth-order valence-corrected chi connectivity index (χ4v) is 4.51. The molecule has 120 valence electrons. The Morgan fingerprint density at radius 2 is 2.14 bits per heavy atom. The molecule has 0 unspecified atom stereocenters. The van der Waals surface area contributed by atoms with Crippen LogP contribution in [-0.2, 0) is 4.79 Å². The molecule has 2 fully saturated rings. The van der Waals surface area contributed by atoms with Crippen molar-refractivity contribution in [3.05, 3.63) is 29.8 Å². The van der Waals surface area contributed by atoms with Crippen molar-refractivity contribution < 1.29 is 9.53 Å². The van der Waals surface area contributed by atoms with Crippen molar-refractivity contribution in [1.29, 1.82) is 0 Å². The summed E-state index contributed by atoms with van der Waals surface area (Å²) in [6.07, 6.45) is 3.63. The van der Waals surface area contributed by atoms with Crippen LogP contribution in [0, 0.1) is 23.7 Å². The maximum Gasteiger partial charge on any atom is 0.258 e. The van der Waals surface area contributed by atoms with Gasteiger partial charge in [-0.1, -0.05) is 32.9 Å². The zero-order valence-corrected chi connectivity index (χ0v) is 14.1. The summed E-state index contributed by atoms with van der Waals surface area (Å²) < 4.78 is 5.61. The van der Waals surface area contributed by atoms with Crippen molar-refractivity contribution in [2.45, 2.75) is 53.0 Å². The van der Waals surface area contributed by atoms with Gasteiger partial charge in [-0.25, -0.2) is 0 Å². The summed E-state index contributed by atoms with van der Waals surface area (Å²) >= 11 is 0. The molecule has 3 heteroatoms. The molecule has 1 amide bonds. The first-order valence-electron chi connectivity index (χ1n) is 8.32. The van der Waals surface area contributed by atoms with E-state index in [1.54, 1.807) is 0 Å². The van der Waals surface area contributed by atoms with Gasteiger partial charge >= 0.3 is 0 Å². The van der Waals surface area contributed by atoms with E-state index in [0.29, 0.717) is 5.41 Å². The molecule has 0 aromatic heterocycles. The van der Waals surface area contributed by atoms with Crippen molar-refractivity contribution in [1.82, 2.24) is 5.32 Å². The number of aryl methyl sites for hydroxylation is 1. The van der Waals surface area contributed by atoms with Gasteiger partial charge in [-0.15, -0.1) is 0 Å². The highest BCUT2D eigenvalue weighted by Crippen LogP contribution is 2.65. The lowest BCUT2D eigenvalue weighted by atomic mass is 9.69. The summed E-state index contributed by atoms with van der Waals surface area (Å²) in [6.45, 7) is 9.18. The van der Waals surface area contributed by atoms with E-state index in [0.717, 1.165) is 23.7 Å². The normalized spacial score (nSPS) is 32.0. The number of carbonyl (C=O) groups excluding carboxylic acids is 1. The topological polar surface area (TPSA) is 38.3 Å². The molecule has 3 rings (SSSR count). The van der Waals surface area contributed by atoms with Gasteiger partial charge in [-0.2, -0.15) is 0 Å². The molecular formula is C19H27NO2. The van der Waals surface area contributed by atoms with Crippen LogP contribution in [-0.4, -0.2) is 18.6 Å². The van der Waals surface area contributed by atoms with Crippen LogP contribution < -0.4 is 10.1 Å². The number of fused-ring (bicyclic) bond motifs is 2. The largest absolute Gasteiger partial charge is 0.484 e. The smallest absolute Gasteiger partial charge is 0.258 e. The summed E-state index contributed by atoms with van der Waals surface area (Å²) in [5.41, 5.74) is 1.68. The molecule has 0 saturated heterocycles. The highest BCUT2D eigenvalue weighted by Gasteiger charge is 2.61. The summed E-state index contributed by atoms with van der Waals surface area (Å²) in [5.74, 6) is 1.49. The highest BCUT2D eigenvalue weighted by molar-refractivity contribution is 5.78. The first-order valence-corrected chi connectivity index (χ1v) is 8.32. The highest BCUT2D eigenvalue weighted by atomic mass is 16.5. The van der Waals surface area contributed by atoms with Crippen molar-refractivity contribution in [2.24, 2.45) is 16.7 Å². The van der Waals surface area contributed by atoms with E-state index in [2.05, 4.69) is 26.1 Å². The van der Waals surface area contributed by atoms with Crippen LogP contribution in [0.2, 0.25) is 0 Å². The van der Waals surface area contributed by atoms with Crippen molar-refractivity contribution in [3.8, 4) is 5.75 Å². The van der Waals surface area contributed by atoms with Crippen LogP contribution in [0.5, 0.6) is 5.75 Å². The molecule has 2 aliphatic rings. The lowest BCUT2D eigenvalue weighted by molar-refractivity contribution is -0.124. The van der Waals surface area contributed by atoms with E-state index in [9.17, 15) is 4.79 Å². The number of amides is 1. The quantitative estimate of drug-likeness (QED) is 0.921. The van der Waals surface area contributed by atoms with Crippen molar-refractivity contribution >= 4 is 5.91 Å². The molecule has 2 bridgehead atoms. The van der Waals surface area contributed by atoms with Crippen LogP contribution >= 0.6 is 0 Å². The molecular weight excluding hydrogens is 274 g/mol. The summed E-state index contributed by atoms with van der Waals surface area (Å²) in [5, 5.41) is 3.23. The van der Waals surface area contributed by atoms with Crippen LogP contribution in [0.25, 0.3) is 0 Å². The number of carbonyl (C=O) groups is 1. The molecule has 0 spiro atoms. The third kappa shape index (κ3) is 2.41. The van der Waals surface area contributed by atoms with E-state index in [-0.39, 0.29) is 24.0 Å². The van der Waals surface area contributed by atoms with Crippen molar-refractivity contribution in [3.63, 3.8) is 0 Å². The Morgan fingerprint density at radius 1 is 1.36 bits per heavy atom. The van der Waals surface area contributed by atoms with E-state index < -0.39 is 0 Å². The number of hydrogen-bond acceptors (Lipinski definition) is 2. The minimum Gasteiger partial charge on any atom is -0.484 e. The third-order valence-corrected chi connectivity index (χ3v) is 6.49. The second kappa shape index (κ2) is 5.29. The van der Waals surface area contributed by atoms with Gasteiger partial charge in [0.1, 0.15) is 5.75 Å². The molecule has 1 N–H and O–H groups in total. The fourth-order valence-electron chi connectivity index (χ4n) is 4.51. The molecule has 0 heterocycles. The Labute approximate surface area is 133 Å². The van der Waals surface area contributed by atoms with Gasteiger partial charge in [0.05, 0.1) is 0 Å². The summed E-state index contributed by atoms with van der Waals surface area (Å²) in [6, 6.07) is 8.10. The van der Waals surface area contributed by atoms with E-state index in [1.165, 1.54) is 12.8 Å². The second-order valence-corrected chi connectivity index (χ2v) is 7.84. The Hall–Kier alpha value is -1.51. The third-order valence-electron chi connectivity index (χ3n) is 6.49. The van der Waals surface area contributed by atoms with Crippen LogP contribution in [0.4, 0.5) is 0 Å². The molecule has 2 saturated carbocycles. The van der Waals surface area contributed by atoms with E-state index >= 15 is 0 Å². The van der Waals surface area contributed by atoms with E-state index in [1.807, 2.05) is 31.2 Å². The predicted octanol–water partition coefficient (Wildman–Crippen LogP) is 3.70. The van der Waals surface area contributed by atoms with Crippen LogP contribution in [0.15, 0.2) is 24.3 Å². The Bertz CT molecular complexity index is 581. The molecule has 0 radical (unpaired) electrons. The van der Waals surface area contributed by atoms with E-state index in [4.69, 9.17) is 4.74 Å². The Balaban J connectivity index is 1.57. The summed E-state index contributed by atoms with van der Waals surface area (Å²) in [7, 11) is 0. The molecule has 3 atom stereocenters. The number of rotatable bonds is 4. The van der Waals surface area contributed by atoms with Crippen molar-refractivity contribution in [2.75, 3.05) is 6.61 Å². The van der Waals surface area contributed by atoms with Crippen LogP contribution in [0.1, 0.15) is 45.6 Å². The van der Waals surface area contributed by atoms with Gasteiger partial charge in [-0.05, 0) is 60.6 Å². The Morgan fingerprint density at radius 3 is 2.73 bits per heavy atom. The minimum atomic E-state index is -0.00363. The molecule has 3 nitrogen and oxygen atoms in total. The number of nitrogens with one attached hydrogen (secondary N) is 1. The maximum absolute atomic E-state index is 12.3. The number of hydrogen-bond donors (Lipinski definition) is 1. The molecule has 0 aliphatic heterocycles. The number of benzene rings is 1. The average Bonchev–Trinajstić information content (AvgIpc) is 2.78. The van der Waals surface area contributed by atoms with Gasteiger partial charge in [0, 0.05) is 6.04 Å². The zero-order valence-electron chi connectivity index (χ0n) is 14.1. The summed E-state index contributed by atoms with van der Waals surface area (Å²) in [4.78, 5) is 12.3. The van der Waals surface area contributed by atoms with Gasteiger partial charge in [0.2, 0.25) is 0 Å². The Kier molecular flexibility index (Phi) is 3.70. The first kappa shape index (κ1) is 15.4. The van der Waals surface area contributed by atoms with Gasteiger partial charge in [0.15, 0.2) is 6.61 Å². The number of ether oxygens (including phenoxy) is 1. The lowest BCUT2D eigenvalue weighted by Crippen LogP contribution is -2.48. The lowest BCUT2D eigenvalue weighted by Gasteiger charge is -2.39. The van der Waals surface area contributed by atoms with Gasteiger partial charge in [-0.3, -0.25) is 4.79 Å². The second-order valence-electron chi connectivity index (χ2n) is 7.84. The minimum absolute atomic E-state index is 0.00363. The maximum atomic E-state index is 12.3. The molecule has 1 aromatic carbocycles. The monoisotopic (exact) mass is 301 g/mol. The first-order chi connectivity index (χ1) is 10.3. The SMILES string of the molecule is Cc1cccc(OCC(=O)N[C@H]2C[C@@H]3CC[C@]2(C)C3(C)C)c1. The molecule has 22 heavy (non-hydrogen) atoms. The average molecular weight is 301 g/mol. The standard InChI is InChI=1S/C19H27NO2/c1-13-6-5-7-15(10-13)22-12-17(21)20-16-11-14-8-9-19(16,4)18(14,2)3/h5-7,10,14,16H,8-9,11-12H2,1-4H3,(H,20,21)/t14-,16-,19-/m0/s1. The van der Waals surface area contributed by atoms with Crippen LogP contribution in [0.3, 0.4) is 0 Å². The van der Waals surface area contributed by atoms with Gasteiger partial charge < -0.3 is 10.1 Å². The molecule has 1 aromatic rings. The molecule has 2 aliphatic carbocycles. The fraction of sp³-hybridized carbons (Fsp3) is 0.632.